The van der Waals surface area contributed by atoms with Crippen LogP contribution in [0.2, 0.25) is 0 Å². The Kier molecular flexibility index (Phi) is 3.59. The van der Waals surface area contributed by atoms with Crippen molar-refractivity contribution >= 4 is 11.9 Å². The van der Waals surface area contributed by atoms with Gasteiger partial charge in [-0.1, -0.05) is 20.8 Å². The number of epoxide rings is 1. The topological polar surface area (TPSA) is 85.4 Å². The second-order valence-corrected chi connectivity index (χ2v) is 10.3. The number of carbonyl (C=O) groups excluding carboxylic acids is 2. The largest absolute Gasteiger partial charge is 0.462 e. The van der Waals surface area contributed by atoms with Crippen molar-refractivity contribution in [3.63, 3.8) is 0 Å². The van der Waals surface area contributed by atoms with Crippen LogP contribution in [0, 0.1) is 22.7 Å². The van der Waals surface area contributed by atoms with Gasteiger partial charge in [-0.05, 0) is 32.1 Å². The second kappa shape index (κ2) is 5.39. The van der Waals surface area contributed by atoms with Gasteiger partial charge >= 0.3 is 11.9 Å². The van der Waals surface area contributed by atoms with Crippen LogP contribution < -0.4 is 0 Å². The summed E-state index contributed by atoms with van der Waals surface area (Å²) in [6, 6.07) is 0. The van der Waals surface area contributed by atoms with E-state index >= 15 is 0 Å². The third-order valence-electron chi connectivity index (χ3n) is 8.90. The number of aliphatic hydroxyl groups excluding tert-OH is 1. The molecule has 1 saturated heterocycles. The van der Waals surface area contributed by atoms with E-state index in [0.717, 1.165) is 18.4 Å². The van der Waals surface area contributed by atoms with Crippen LogP contribution in [0.25, 0.3) is 0 Å². The van der Waals surface area contributed by atoms with Crippen molar-refractivity contribution in [3.8, 4) is 0 Å². The highest BCUT2D eigenvalue weighted by atomic mass is 16.6. The molecule has 3 aliphatic carbocycles. The zero-order valence-corrected chi connectivity index (χ0v) is 17.3. The molecule has 0 aromatic heterocycles. The minimum Gasteiger partial charge on any atom is -0.462 e. The summed E-state index contributed by atoms with van der Waals surface area (Å²) in [5, 5.41) is 11.3. The molecule has 28 heavy (non-hydrogen) atoms. The van der Waals surface area contributed by atoms with E-state index in [-0.39, 0.29) is 58.5 Å². The van der Waals surface area contributed by atoms with Gasteiger partial charge < -0.3 is 19.3 Å². The van der Waals surface area contributed by atoms with Crippen LogP contribution in [0.4, 0.5) is 0 Å². The molecule has 2 aliphatic heterocycles. The summed E-state index contributed by atoms with van der Waals surface area (Å²) in [4.78, 5) is 23.8. The average molecular weight is 390 g/mol. The zero-order chi connectivity index (χ0) is 20.2. The fourth-order valence-corrected chi connectivity index (χ4v) is 7.46. The van der Waals surface area contributed by atoms with Gasteiger partial charge in [0.1, 0.15) is 23.9 Å². The maximum Gasteiger partial charge on any atom is 0.334 e. The molecule has 0 radical (unpaired) electrons. The number of hydrogen-bond acceptors (Lipinski definition) is 6. The number of rotatable bonds is 1. The molecule has 1 spiro atoms. The Balaban J connectivity index is 1.53. The molecule has 1 N–H and O–H groups in total. The molecular weight excluding hydrogens is 360 g/mol. The first-order valence-corrected chi connectivity index (χ1v) is 10.5. The van der Waals surface area contributed by atoms with Crippen LogP contribution in [0.1, 0.15) is 60.3 Å². The summed E-state index contributed by atoms with van der Waals surface area (Å²) >= 11 is 0. The summed E-state index contributed by atoms with van der Waals surface area (Å²) in [5.74, 6) is -0.223. The Bertz CT molecular complexity index is 799. The van der Waals surface area contributed by atoms with Crippen LogP contribution >= 0.6 is 0 Å². The summed E-state index contributed by atoms with van der Waals surface area (Å²) in [5.41, 5.74) is 0.839. The van der Waals surface area contributed by atoms with Crippen molar-refractivity contribution in [2.45, 2.75) is 90.3 Å². The molecule has 0 amide bonds. The van der Waals surface area contributed by atoms with E-state index in [2.05, 4.69) is 20.8 Å². The summed E-state index contributed by atoms with van der Waals surface area (Å²) in [7, 11) is 0. The Labute approximate surface area is 165 Å². The highest BCUT2D eigenvalue weighted by molar-refractivity contribution is 5.92. The molecule has 6 nitrogen and oxygen atoms in total. The first kappa shape index (κ1) is 18.6. The smallest absolute Gasteiger partial charge is 0.334 e. The standard InChI is InChI=1S/C22H30O6/c1-10-17-12(27-19(10)25)8-14-21(5)13(6-7-22(14)18(17)28-22)20(3,4)16(9-15(21)24)26-11(2)23/h12-16,18,24H,6-9H2,1-5H3/t12-,13-,14+,15+,16+,18-,21-,22+/m1/s1. The lowest BCUT2D eigenvalue weighted by Crippen LogP contribution is -2.66. The Morgan fingerprint density at radius 1 is 1.21 bits per heavy atom. The fourth-order valence-electron chi connectivity index (χ4n) is 7.46. The predicted octanol–water partition coefficient (Wildman–Crippen LogP) is 2.52. The van der Waals surface area contributed by atoms with Crippen molar-refractivity contribution in [1.29, 1.82) is 0 Å². The zero-order valence-electron chi connectivity index (χ0n) is 17.3. The Morgan fingerprint density at radius 2 is 1.93 bits per heavy atom. The summed E-state index contributed by atoms with van der Waals surface area (Å²) in [6.45, 7) is 9.76. The van der Waals surface area contributed by atoms with Gasteiger partial charge in [-0.3, -0.25) is 4.79 Å². The minimum absolute atomic E-state index is 0.0537. The molecular formula is C22H30O6. The fraction of sp³-hybridized carbons (Fsp3) is 0.818. The van der Waals surface area contributed by atoms with Crippen molar-refractivity contribution in [3.05, 3.63) is 11.1 Å². The molecule has 0 aromatic carbocycles. The quantitative estimate of drug-likeness (QED) is 0.547. The van der Waals surface area contributed by atoms with E-state index in [1.54, 1.807) is 0 Å². The van der Waals surface area contributed by atoms with Crippen LogP contribution in [-0.2, 0) is 23.8 Å². The number of carbonyl (C=O) groups is 2. The lowest BCUT2D eigenvalue weighted by Gasteiger charge is -2.63. The molecule has 6 heteroatoms. The van der Waals surface area contributed by atoms with Gasteiger partial charge in [0, 0.05) is 41.2 Å². The van der Waals surface area contributed by atoms with Gasteiger partial charge in [0.05, 0.1) is 6.10 Å². The van der Waals surface area contributed by atoms with Gasteiger partial charge in [-0.15, -0.1) is 0 Å². The number of esters is 2. The first-order valence-electron chi connectivity index (χ1n) is 10.5. The van der Waals surface area contributed by atoms with Gasteiger partial charge in [-0.25, -0.2) is 4.79 Å². The number of ether oxygens (including phenoxy) is 3. The van der Waals surface area contributed by atoms with Crippen molar-refractivity contribution in [2.75, 3.05) is 0 Å². The molecule has 5 rings (SSSR count). The normalized spacial score (nSPS) is 50.7. The summed E-state index contributed by atoms with van der Waals surface area (Å²) in [6.07, 6.45) is 1.79. The Hall–Kier alpha value is -1.40. The summed E-state index contributed by atoms with van der Waals surface area (Å²) < 4.78 is 17.6. The molecule has 4 fully saturated rings. The second-order valence-electron chi connectivity index (χ2n) is 10.3. The van der Waals surface area contributed by atoms with Gasteiger partial charge in [0.25, 0.3) is 0 Å². The van der Waals surface area contributed by atoms with Crippen LogP contribution in [0.3, 0.4) is 0 Å². The number of fused-ring (bicyclic) bond motifs is 4. The van der Waals surface area contributed by atoms with Crippen molar-refractivity contribution in [1.82, 2.24) is 0 Å². The Morgan fingerprint density at radius 3 is 2.61 bits per heavy atom. The SMILES string of the molecule is CC(=O)O[C@H]1C[C@H](O)[C@]2(C)[C@H](CC[C@@]34O[C@@H]3C3=C(C)C(=O)O[C@@H]3C[C@H]42)C1(C)C. The number of aliphatic hydroxyl groups is 1. The maximum absolute atomic E-state index is 12.2. The van der Waals surface area contributed by atoms with Gasteiger partial charge in [-0.2, -0.15) is 0 Å². The predicted molar refractivity (Wildman–Crippen MR) is 99.1 cm³/mol. The minimum atomic E-state index is -0.592. The van der Waals surface area contributed by atoms with Crippen LogP contribution in [-0.4, -0.2) is 47.1 Å². The molecule has 0 unspecified atom stereocenters. The van der Waals surface area contributed by atoms with E-state index < -0.39 is 6.10 Å². The highest BCUT2D eigenvalue weighted by Gasteiger charge is 2.77. The van der Waals surface area contributed by atoms with E-state index in [1.807, 2.05) is 6.92 Å². The van der Waals surface area contributed by atoms with E-state index in [1.165, 1.54) is 6.92 Å². The molecule has 0 bridgehead atoms. The molecule has 2 heterocycles. The maximum atomic E-state index is 12.2. The average Bonchev–Trinajstić information content (AvgIpc) is 3.24. The van der Waals surface area contributed by atoms with E-state index in [0.29, 0.717) is 18.4 Å². The third-order valence-corrected chi connectivity index (χ3v) is 8.90. The molecule has 5 aliphatic rings. The van der Waals surface area contributed by atoms with Crippen LogP contribution in [0.15, 0.2) is 11.1 Å². The van der Waals surface area contributed by atoms with E-state index in [4.69, 9.17) is 14.2 Å². The van der Waals surface area contributed by atoms with Crippen LogP contribution in [0.5, 0.6) is 0 Å². The molecule has 8 atom stereocenters. The van der Waals surface area contributed by atoms with Crippen molar-refractivity contribution < 1.29 is 28.9 Å². The molecule has 154 valence electrons. The van der Waals surface area contributed by atoms with Gasteiger partial charge in [0.2, 0.25) is 0 Å². The monoisotopic (exact) mass is 390 g/mol. The number of hydrogen-bond donors (Lipinski definition) is 1. The highest BCUT2D eigenvalue weighted by Crippen LogP contribution is 2.72. The van der Waals surface area contributed by atoms with Gasteiger partial charge in [0.15, 0.2) is 0 Å². The molecule has 0 aromatic rings. The lowest BCUT2D eigenvalue weighted by molar-refractivity contribution is -0.224. The van der Waals surface area contributed by atoms with Crippen molar-refractivity contribution in [2.24, 2.45) is 22.7 Å². The third kappa shape index (κ3) is 2.06. The first-order chi connectivity index (χ1) is 13.0. The van der Waals surface area contributed by atoms with E-state index in [9.17, 15) is 14.7 Å². The molecule has 3 saturated carbocycles. The lowest BCUT2D eigenvalue weighted by atomic mass is 9.42.